The van der Waals surface area contributed by atoms with Crippen molar-refractivity contribution in [2.75, 3.05) is 11.9 Å². The van der Waals surface area contributed by atoms with Crippen molar-refractivity contribution in [1.82, 2.24) is 20.2 Å². The lowest BCUT2D eigenvalue weighted by Gasteiger charge is -2.18. The van der Waals surface area contributed by atoms with Gasteiger partial charge >= 0.3 is 5.97 Å². The minimum absolute atomic E-state index is 0.302. The fourth-order valence-electron chi connectivity index (χ4n) is 3.71. The molecule has 33 heavy (non-hydrogen) atoms. The van der Waals surface area contributed by atoms with Crippen LogP contribution >= 0.6 is 0 Å². The summed E-state index contributed by atoms with van der Waals surface area (Å²) in [4.78, 5) is 24.8. The van der Waals surface area contributed by atoms with Crippen LogP contribution in [-0.2, 0) is 16.8 Å². The molecule has 4 rings (SSSR count). The Labute approximate surface area is 191 Å². The van der Waals surface area contributed by atoms with Crippen molar-refractivity contribution in [3.8, 4) is 11.5 Å². The van der Waals surface area contributed by atoms with E-state index in [0.29, 0.717) is 47.6 Å². The summed E-state index contributed by atoms with van der Waals surface area (Å²) in [6.07, 6.45) is 6.42. The van der Waals surface area contributed by atoms with Crippen LogP contribution in [0.3, 0.4) is 0 Å². The number of hydrogen-bond acceptors (Lipinski definition) is 10. The van der Waals surface area contributed by atoms with E-state index in [0.717, 1.165) is 36.9 Å². The van der Waals surface area contributed by atoms with Crippen LogP contribution in [0.2, 0.25) is 0 Å². The number of esters is 1. The Balaban J connectivity index is 1.48. The van der Waals surface area contributed by atoms with Crippen molar-refractivity contribution in [3.63, 3.8) is 0 Å². The van der Waals surface area contributed by atoms with E-state index in [1.807, 2.05) is 19.9 Å². The highest BCUT2D eigenvalue weighted by atomic mass is 16.6. The molecule has 1 aliphatic rings. The molecule has 0 bridgehead atoms. The largest absolute Gasteiger partial charge is 0.451 e. The number of fused-ring (bicyclic) bond motifs is 1. The van der Waals surface area contributed by atoms with Gasteiger partial charge in [-0.2, -0.15) is 4.98 Å². The third kappa shape index (κ3) is 4.90. The molecule has 0 radical (unpaired) electrons. The molecule has 0 saturated heterocycles. The van der Waals surface area contributed by atoms with E-state index in [2.05, 4.69) is 37.2 Å². The van der Waals surface area contributed by atoms with Gasteiger partial charge in [-0.3, -0.25) is 0 Å². The number of aromatic nitrogens is 4. The van der Waals surface area contributed by atoms with Gasteiger partial charge in [0.2, 0.25) is 11.8 Å². The van der Waals surface area contributed by atoms with Gasteiger partial charge in [0.25, 0.3) is 5.89 Å². The lowest BCUT2D eigenvalue weighted by atomic mass is 9.95. The predicted octanol–water partition coefficient (Wildman–Crippen LogP) is 4.07. The molecule has 3 aromatic rings. The molecular weight excluding hydrogens is 422 g/mol. The van der Waals surface area contributed by atoms with Crippen LogP contribution in [-0.4, -0.2) is 39.4 Å². The quantitative estimate of drug-likeness (QED) is 0.266. The number of aryl methyl sites for hydroxylation is 1. The lowest BCUT2D eigenvalue weighted by Crippen LogP contribution is -2.16. The molecular formula is C23H27N7O3. The number of rotatable bonds is 10. The van der Waals surface area contributed by atoms with Crippen molar-refractivity contribution >= 4 is 30.1 Å². The van der Waals surface area contributed by atoms with E-state index in [-0.39, 0.29) is 5.97 Å². The Morgan fingerprint density at radius 2 is 1.97 bits per heavy atom. The van der Waals surface area contributed by atoms with Crippen LogP contribution in [0.5, 0.6) is 0 Å². The zero-order valence-electron chi connectivity index (χ0n) is 18.8. The third-order valence-electron chi connectivity index (χ3n) is 5.45. The molecule has 10 heteroatoms. The minimum Gasteiger partial charge on any atom is -0.451 e. The van der Waals surface area contributed by atoms with Gasteiger partial charge in [-0.05, 0) is 58.2 Å². The minimum atomic E-state index is -0.692. The normalized spacial score (nSPS) is 14.1. The van der Waals surface area contributed by atoms with Crippen molar-refractivity contribution in [2.45, 2.75) is 51.6 Å². The molecule has 172 valence electrons. The molecule has 0 unspecified atom stereocenters. The smallest absolute Gasteiger partial charge is 0.339 e. The molecule has 3 N–H and O–H groups in total. The SMILES string of the molecule is C=Nc1nc(Nc2ccc3c(c2)C(C)(C)OC3=O)ncc1-c1nnc(CCCCCCN)o1. The summed E-state index contributed by atoms with van der Waals surface area (Å²) in [5.41, 5.74) is 7.41. The summed E-state index contributed by atoms with van der Waals surface area (Å²) in [7, 11) is 0. The predicted molar refractivity (Wildman–Crippen MR) is 124 cm³/mol. The topological polar surface area (TPSA) is 141 Å². The average molecular weight is 450 g/mol. The number of carbonyl (C=O) groups excluding carboxylic acids is 1. The van der Waals surface area contributed by atoms with Gasteiger partial charge in [0.1, 0.15) is 11.2 Å². The van der Waals surface area contributed by atoms with E-state index < -0.39 is 5.60 Å². The second-order valence-electron chi connectivity index (χ2n) is 8.33. The van der Waals surface area contributed by atoms with E-state index in [4.69, 9.17) is 14.9 Å². The Hall–Kier alpha value is -3.66. The first-order chi connectivity index (χ1) is 15.9. The van der Waals surface area contributed by atoms with Crippen molar-refractivity contribution in [2.24, 2.45) is 10.7 Å². The number of hydrogen-bond donors (Lipinski definition) is 2. The van der Waals surface area contributed by atoms with E-state index in [1.54, 1.807) is 18.3 Å². The number of nitrogens with zero attached hydrogens (tertiary/aromatic N) is 5. The van der Waals surface area contributed by atoms with Crippen LogP contribution in [0.1, 0.15) is 61.3 Å². The summed E-state index contributed by atoms with van der Waals surface area (Å²) in [6.45, 7) is 8.02. The standard InChI is InChI=1S/C23H27N7O3/c1-23(2)17-12-14(9-10-15(17)21(31)33-23)27-22-26-13-16(19(25-3)28-22)20-30-29-18(32-20)8-6-4-5-7-11-24/h9-10,12-13H,3-8,11,24H2,1-2H3,(H,26,27,28). The summed E-state index contributed by atoms with van der Waals surface area (Å²) < 4.78 is 11.2. The number of cyclic esters (lactones) is 1. The zero-order chi connectivity index (χ0) is 23.4. The number of aliphatic imine (C=N–C) groups is 1. The maximum atomic E-state index is 12.0. The highest BCUT2D eigenvalue weighted by Crippen LogP contribution is 2.37. The molecule has 10 nitrogen and oxygen atoms in total. The fourth-order valence-corrected chi connectivity index (χ4v) is 3.71. The van der Waals surface area contributed by atoms with Crippen molar-refractivity contribution < 1.29 is 13.9 Å². The van der Waals surface area contributed by atoms with Gasteiger partial charge in [0.15, 0.2) is 5.82 Å². The Bertz CT molecular complexity index is 1170. The second-order valence-corrected chi connectivity index (χ2v) is 8.33. The van der Waals surface area contributed by atoms with Crippen LogP contribution in [0.15, 0.2) is 33.8 Å². The summed E-state index contributed by atoms with van der Waals surface area (Å²) in [5.74, 6) is 1.19. The molecule has 0 fully saturated rings. The van der Waals surface area contributed by atoms with Gasteiger partial charge in [-0.1, -0.05) is 12.8 Å². The van der Waals surface area contributed by atoms with Crippen LogP contribution in [0.25, 0.3) is 11.5 Å². The van der Waals surface area contributed by atoms with Crippen LogP contribution < -0.4 is 11.1 Å². The van der Waals surface area contributed by atoms with E-state index in [9.17, 15) is 4.79 Å². The van der Waals surface area contributed by atoms with E-state index in [1.165, 1.54) is 0 Å². The van der Waals surface area contributed by atoms with Gasteiger partial charge in [0, 0.05) is 23.9 Å². The second kappa shape index (κ2) is 9.45. The summed E-state index contributed by atoms with van der Waals surface area (Å²) in [5, 5.41) is 11.4. The van der Waals surface area contributed by atoms with Crippen LogP contribution in [0, 0.1) is 0 Å². The average Bonchev–Trinajstić information content (AvgIpc) is 3.35. The molecule has 0 amide bonds. The molecule has 3 heterocycles. The number of anilines is 2. The number of nitrogens with two attached hydrogens (primary N) is 1. The molecule has 0 aliphatic carbocycles. The Morgan fingerprint density at radius 1 is 1.15 bits per heavy atom. The number of ether oxygens (including phenoxy) is 1. The monoisotopic (exact) mass is 449 g/mol. The van der Waals surface area contributed by atoms with Crippen molar-refractivity contribution in [1.29, 1.82) is 0 Å². The first-order valence-corrected chi connectivity index (χ1v) is 10.9. The van der Waals surface area contributed by atoms with Gasteiger partial charge in [-0.25, -0.2) is 14.8 Å². The molecule has 0 spiro atoms. The first kappa shape index (κ1) is 22.5. The third-order valence-corrected chi connectivity index (χ3v) is 5.45. The highest BCUT2D eigenvalue weighted by molar-refractivity contribution is 5.95. The fraction of sp³-hybridized carbons (Fsp3) is 0.391. The summed E-state index contributed by atoms with van der Waals surface area (Å²) in [6, 6.07) is 5.36. The maximum Gasteiger partial charge on any atom is 0.339 e. The number of nitrogens with one attached hydrogen (secondary N) is 1. The summed E-state index contributed by atoms with van der Waals surface area (Å²) >= 11 is 0. The Kier molecular flexibility index (Phi) is 6.45. The maximum absolute atomic E-state index is 12.0. The Morgan fingerprint density at radius 3 is 2.76 bits per heavy atom. The molecule has 0 atom stereocenters. The van der Waals surface area contributed by atoms with Gasteiger partial charge < -0.3 is 20.2 Å². The van der Waals surface area contributed by atoms with Crippen LogP contribution in [0.4, 0.5) is 17.5 Å². The van der Waals surface area contributed by atoms with Crippen molar-refractivity contribution in [3.05, 3.63) is 41.4 Å². The molecule has 1 aromatic carbocycles. The number of carbonyl (C=O) groups is 1. The zero-order valence-corrected chi connectivity index (χ0v) is 18.8. The molecule has 0 saturated carbocycles. The molecule has 1 aliphatic heterocycles. The highest BCUT2D eigenvalue weighted by Gasteiger charge is 2.37. The molecule has 2 aromatic heterocycles. The van der Waals surface area contributed by atoms with E-state index >= 15 is 0 Å². The number of unbranched alkanes of at least 4 members (excludes halogenated alkanes) is 3. The lowest BCUT2D eigenvalue weighted by molar-refractivity contribution is 0.00955. The first-order valence-electron chi connectivity index (χ1n) is 10.9. The number of benzene rings is 1. The van der Waals surface area contributed by atoms with Gasteiger partial charge in [0.05, 0.1) is 5.56 Å². The van der Waals surface area contributed by atoms with Gasteiger partial charge in [-0.15, -0.1) is 10.2 Å².